The molecule has 94 valence electrons. The lowest BCUT2D eigenvalue weighted by Gasteiger charge is -2.00. The molecule has 1 saturated carbocycles. The summed E-state index contributed by atoms with van der Waals surface area (Å²) >= 11 is 1.63. The Morgan fingerprint density at radius 2 is 2.06 bits per heavy atom. The van der Waals surface area contributed by atoms with Crippen molar-refractivity contribution in [1.29, 1.82) is 0 Å². The molecule has 2 N–H and O–H groups in total. The maximum absolute atomic E-state index is 11.5. The second-order valence-corrected chi connectivity index (χ2v) is 8.28. The first-order chi connectivity index (χ1) is 8.09. The van der Waals surface area contributed by atoms with E-state index in [1.165, 1.54) is 12.8 Å². The zero-order chi connectivity index (χ0) is 12.0. The molecule has 1 aromatic rings. The van der Waals surface area contributed by atoms with Gasteiger partial charge in [0.05, 0.1) is 22.2 Å². The van der Waals surface area contributed by atoms with Gasteiger partial charge < -0.3 is 5.73 Å². The summed E-state index contributed by atoms with van der Waals surface area (Å²) in [5.41, 5.74) is 6.88. The topological polar surface area (TPSA) is 73.1 Å². The molecule has 1 saturated heterocycles. The van der Waals surface area contributed by atoms with Gasteiger partial charge in [-0.15, -0.1) is 11.3 Å². The van der Waals surface area contributed by atoms with Crippen LogP contribution in [0.1, 0.15) is 46.7 Å². The van der Waals surface area contributed by atoms with Crippen molar-refractivity contribution in [3.8, 4) is 0 Å². The maximum atomic E-state index is 11.5. The predicted molar refractivity (Wildman–Crippen MR) is 68.0 cm³/mol. The fraction of sp³-hybridized carbons (Fsp3) is 0.727. The van der Waals surface area contributed by atoms with Crippen molar-refractivity contribution in [1.82, 2.24) is 4.98 Å². The second-order valence-electron chi connectivity index (χ2n) is 4.94. The lowest BCUT2D eigenvalue weighted by atomic mass is 10.1. The summed E-state index contributed by atoms with van der Waals surface area (Å²) in [6, 6.07) is 0. The van der Waals surface area contributed by atoms with E-state index in [0.29, 0.717) is 18.2 Å². The van der Waals surface area contributed by atoms with Crippen molar-refractivity contribution in [2.75, 3.05) is 11.5 Å². The van der Waals surface area contributed by atoms with Crippen LogP contribution in [-0.4, -0.2) is 24.9 Å². The van der Waals surface area contributed by atoms with Crippen LogP contribution < -0.4 is 5.73 Å². The minimum atomic E-state index is -2.82. The predicted octanol–water partition coefficient (Wildman–Crippen LogP) is 1.38. The Morgan fingerprint density at radius 3 is 2.59 bits per heavy atom. The Balaban J connectivity index is 1.88. The van der Waals surface area contributed by atoms with Gasteiger partial charge in [0.2, 0.25) is 0 Å². The molecule has 0 spiro atoms. The molecule has 0 aromatic carbocycles. The molecule has 1 aliphatic carbocycles. The van der Waals surface area contributed by atoms with E-state index in [-0.39, 0.29) is 11.7 Å². The van der Waals surface area contributed by atoms with Crippen LogP contribution in [0.4, 0.5) is 0 Å². The molecule has 0 radical (unpaired) electrons. The molecule has 0 bridgehead atoms. The summed E-state index contributed by atoms with van der Waals surface area (Å²) in [7, 11) is -2.82. The van der Waals surface area contributed by atoms with Crippen molar-refractivity contribution in [3.63, 3.8) is 0 Å². The van der Waals surface area contributed by atoms with Crippen molar-refractivity contribution in [3.05, 3.63) is 15.6 Å². The Hall–Kier alpha value is -0.460. The van der Waals surface area contributed by atoms with Gasteiger partial charge in [0.1, 0.15) is 0 Å². The van der Waals surface area contributed by atoms with Crippen LogP contribution in [0.3, 0.4) is 0 Å². The highest BCUT2D eigenvalue weighted by Gasteiger charge is 2.34. The monoisotopic (exact) mass is 272 g/mol. The van der Waals surface area contributed by atoms with Gasteiger partial charge in [-0.3, -0.25) is 0 Å². The van der Waals surface area contributed by atoms with Crippen molar-refractivity contribution >= 4 is 21.2 Å². The molecular weight excluding hydrogens is 256 g/mol. The third-order valence-corrected chi connectivity index (χ3v) is 6.50. The Labute approximate surface area is 105 Å². The highest BCUT2D eigenvalue weighted by molar-refractivity contribution is 7.91. The number of nitrogens with two attached hydrogens (primary N) is 1. The van der Waals surface area contributed by atoms with Gasteiger partial charge in [-0.25, -0.2) is 13.4 Å². The number of aromatic nitrogens is 1. The van der Waals surface area contributed by atoms with E-state index in [2.05, 4.69) is 4.98 Å². The smallest absolute Gasteiger partial charge is 0.151 e. The molecule has 1 aromatic heterocycles. The summed E-state index contributed by atoms with van der Waals surface area (Å²) < 4.78 is 22.9. The van der Waals surface area contributed by atoms with E-state index >= 15 is 0 Å². The zero-order valence-corrected chi connectivity index (χ0v) is 11.2. The summed E-state index contributed by atoms with van der Waals surface area (Å²) in [6.07, 6.45) is 3.14. The summed E-state index contributed by atoms with van der Waals surface area (Å²) in [6.45, 7) is 0.531. The molecule has 1 aliphatic heterocycles. The summed E-state index contributed by atoms with van der Waals surface area (Å²) in [4.78, 5) is 5.82. The van der Waals surface area contributed by atoms with Crippen LogP contribution in [0.25, 0.3) is 0 Å². The largest absolute Gasteiger partial charge is 0.326 e. The van der Waals surface area contributed by atoms with Crippen molar-refractivity contribution < 1.29 is 8.42 Å². The molecule has 3 rings (SSSR count). The van der Waals surface area contributed by atoms with Crippen LogP contribution in [0.5, 0.6) is 0 Å². The van der Waals surface area contributed by atoms with Crippen LogP contribution in [0.15, 0.2) is 0 Å². The lowest BCUT2D eigenvalue weighted by molar-refractivity contribution is 0.601. The number of hydrogen-bond donors (Lipinski definition) is 1. The Bertz CT molecular complexity index is 532. The molecule has 17 heavy (non-hydrogen) atoms. The molecule has 0 amide bonds. The Morgan fingerprint density at radius 1 is 1.29 bits per heavy atom. The molecule has 1 atom stereocenters. The first-order valence-corrected chi connectivity index (χ1v) is 8.63. The molecule has 2 heterocycles. The van der Waals surface area contributed by atoms with Gasteiger partial charge in [-0.1, -0.05) is 0 Å². The van der Waals surface area contributed by atoms with E-state index < -0.39 is 9.84 Å². The van der Waals surface area contributed by atoms with Crippen molar-refractivity contribution in [2.24, 2.45) is 5.73 Å². The summed E-state index contributed by atoms with van der Waals surface area (Å²) in [5, 5.41) is 0.994. The van der Waals surface area contributed by atoms with Gasteiger partial charge in [0.15, 0.2) is 9.84 Å². The van der Waals surface area contributed by atoms with E-state index in [1.54, 1.807) is 11.3 Å². The van der Waals surface area contributed by atoms with Crippen LogP contribution in [-0.2, 0) is 16.4 Å². The fourth-order valence-electron chi connectivity index (χ4n) is 2.37. The number of rotatable bonds is 3. The van der Waals surface area contributed by atoms with Crippen LogP contribution >= 0.6 is 11.3 Å². The number of thiazole rings is 1. The molecule has 1 unspecified atom stereocenters. The third-order valence-electron chi connectivity index (χ3n) is 3.48. The highest BCUT2D eigenvalue weighted by atomic mass is 32.2. The zero-order valence-electron chi connectivity index (χ0n) is 9.55. The SMILES string of the molecule is NCc1sc(C2CCS(=O)(=O)C2)nc1C1CC1. The first-order valence-electron chi connectivity index (χ1n) is 5.99. The van der Waals surface area contributed by atoms with Crippen molar-refractivity contribution in [2.45, 2.75) is 37.6 Å². The number of hydrogen-bond acceptors (Lipinski definition) is 5. The first kappa shape index (κ1) is 11.6. The van der Waals surface area contributed by atoms with Gasteiger partial charge >= 0.3 is 0 Å². The summed E-state index contributed by atoms with van der Waals surface area (Å²) in [5.74, 6) is 1.29. The average molecular weight is 272 g/mol. The minimum Gasteiger partial charge on any atom is -0.326 e. The minimum absolute atomic E-state index is 0.114. The number of sulfone groups is 1. The average Bonchev–Trinajstić information content (AvgIpc) is 2.93. The van der Waals surface area contributed by atoms with E-state index in [0.717, 1.165) is 22.0 Å². The number of nitrogens with zero attached hydrogens (tertiary/aromatic N) is 1. The lowest BCUT2D eigenvalue weighted by Crippen LogP contribution is -2.03. The van der Waals surface area contributed by atoms with Gasteiger partial charge in [0.25, 0.3) is 0 Å². The molecule has 2 fully saturated rings. The molecule has 2 aliphatic rings. The molecule has 4 nitrogen and oxygen atoms in total. The fourth-order valence-corrected chi connectivity index (χ4v) is 5.39. The maximum Gasteiger partial charge on any atom is 0.151 e. The van der Waals surface area contributed by atoms with Gasteiger partial charge in [0, 0.05) is 23.3 Å². The normalized spacial score (nSPS) is 27.5. The molecule has 6 heteroatoms. The standard InChI is InChI=1S/C11H16N2O2S2/c12-5-9-10(7-1-2-7)13-11(16-9)8-3-4-17(14,15)6-8/h7-8H,1-6,12H2. The van der Waals surface area contributed by atoms with Gasteiger partial charge in [-0.05, 0) is 19.3 Å². The van der Waals surface area contributed by atoms with Crippen LogP contribution in [0.2, 0.25) is 0 Å². The Kier molecular flexibility index (Phi) is 2.76. The highest BCUT2D eigenvalue weighted by Crippen LogP contribution is 2.44. The quantitative estimate of drug-likeness (QED) is 0.902. The molecular formula is C11H16N2O2S2. The van der Waals surface area contributed by atoms with E-state index in [1.807, 2.05) is 0 Å². The third kappa shape index (κ3) is 2.26. The van der Waals surface area contributed by atoms with Crippen LogP contribution in [0, 0.1) is 0 Å². The van der Waals surface area contributed by atoms with E-state index in [9.17, 15) is 8.42 Å². The van der Waals surface area contributed by atoms with E-state index in [4.69, 9.17) is 5.73 Å². The van der Waals surface area contributed by atoms with Gasteiger partial charge in [-0.2, -0.15) is 0 Å². The second kappa shape index (κ2) is 4.03.